The van der Waals surface area contributed by atoms with E-state index in [1.807, 2.05) is 29.2 Å². The Morgan fingerprint density at radius 3 is 2.52 bits per heavy atom. The third-order valence-electron chi connectivity index (χ3n) is 5.54. The zero-order chi connectivity index (χ0) is 19.0. The second kappa shape index (κ2) is 6.72. The monoisotopic (exact) mass is 368 g/mol. The van der Waals surface area contributed by atoms with Crippen LogP contribution in [-0.2, 0) is 4.79 Å². The fourth-order valence-electron chi connectivity index (χ4n) is 3.61. The molecular formula is C20H24N4O3. The van der Waals surface area contributed by atoms with Gasteiger partial charge >= 0.3 is 6.03 Å². The van der Waals surface area contributed by atoms with Gasteiger partial charge in [-0.05, 0) is 18.9 Å². The highest BCUT2D eigenvalue weighted by atomic mass is 16.5. The molecule has 1 aromatic heterocycles. The molecule has 3 N–H and O–H groups in total. The average Bonchev–Trinajstić information content (AvgIpc) is 3.42. The van der Waals surface area contributed by atoms with Crippen LogP contribution in [0.1, 0.15) is 32.6 Å². The summed E-state index contributed by atoms with van der Waals surface area (Å²) in [5.74, 6) is 0.825. The van der Waals surface area contributed by atoms with Gasteiger partial charge in [-0.3, -0.25) is 4.79 Å². The molecule has 7 nitrogen and oxygen atoms in total. The lowest BCUT2D eigenvalue weighted by Crippen LogP contribution is -2.44. The van der Waals surface area contributed by atoms with Crippen LogP contribution in [0.4, 0.5) is 10.5 Å². The van der Waals surface area contributed by atoms with Crippen molar-refractivity contribution in [3.63, 3.8) is 0 Å². The van der Waals surface area contributed by atoms with Crippen LogP contribution in [0, 0.1) is 5.41 Å². The molecule has 0 bridgehead atoms. The number of nitrogens with two attached hydrogens (primary N) is 1. The lowest BCUT2D eigenvalue weighted by Gasteiger charge is -2.33. The molecule has 4 rings (SSSR count). The van der Waals surface area contributed by atoms with Crippen LogP contribution >= 0.6 is 0 Å². The summed E-state index contributed by atoms with van der Waals surface area (Å²) < 4.78 is 6.16. The number of urea groups is 1. The molecule has 3 amide bonds. The molecular weight excluding hydrogens is 344 g/mol. The molecule has 1 aromatic carbocycles. The van der Waals surface area contributed by atoms with Crippen LogP contribution in [0.25, 0.3) is 10.8 Å². The van der Waals surface area contributed by atoms with E-state index < -0.39 is 6.03 Å². The number of nitrogens with zero attached hydrogens (tertiary/aromatic N) is 2. The van der Waals surface area contributed by atoms with Crippen molar-refractivity contribution in [1.82, 2.24) is 9.88 Å². The minimum absolute atomic E-state index is 0.0203. The van der Waals surface area contributed by atoms with Crippen LogP contribution in [0.3, 0.4) is 0 Å². The van der Waals surface area contributed by atoms with E-state index in [4.69, 9.17) is 10.5 Å². The highest BCUT2D eigenvalue weighted by molar-refractivity contribution is 6.02. The van der Waals surface area contributed by atoms with Crippen molar-refractivity contribution in [2.45, 2.75) is 38.7 Å². The molecule has 142 valence electrons. The van der Waals surface area contributed by atoms with Gasteiger partial charge in [-0.2, -0.15) is 0 Å². The van der Waals surface area contributed by atoms with Gasteiger partial charge in [0.15, 0.2) is 0 Å². The lowest BCUT2D eigenvalue weighted by atomic mass is 10.0. The summed E-state index contributed by atoms with van der Waals surface area (Å²) in [6, 6.07) is 6.98. The van der Waals surface area contributed by atoms with Gasteiger partial charge in [-0.25, -0.2) is 9.78 Å². The SMILES string of the molecule is CC1(C(=O)N2CCC(Oc3ncc(NC(N)=O)c4ccccc34)CC2)CC1. The Balaban J connectivity index is 1.47. The minimum Gasteiger partial charge on any atom is -0.474 e. The highest BCUT2D eigenvalue weighted by Crippen LogP contribution is 2.46. The van der Waals surface area contributed by atoms with E-state index in [0.717, 1.165) is 49.5 Å². The molecule has 2 aliphatic rings. The smallest absolute Gasteiger partial charge is 0.316 e. The predicted octanol–water partition coefficient (Wildman–Crippen LogP) is 2.90. The maximum atomic E-state index is 12.5. The molecule has 0 spiro atoms. The number of amides is 3. The van der Waals surface area contributed by atoms with E-state index in [2.05, 4.69) is 17.2 Å². The molecule has 2 heterocycles. The summed E-state index contributed by atoms with van der Waals surface area (Å²) >= 11 is 0. The molecule has 1 saturated carbocycles. The van der Waals surface area contributed by atoms with Crippen LogP contribution in [-0.4, -0.2) is 41.0 Å². The first-order chi connectivity index (χ1) is 13.0. The Morgan fingerprint density at radius 1 is 1.22 bits per heavy atom. The molecule has 0 radical (unpaired) electrons. The van der Waals surface area contributed by atoms with E-state index in [1.165, 1.54) is 0 Å². The first kappa shape index (κ1) is 17.6. The number of ether oxygens (including phenoxy) is 1. The fourth-order valence-corrected chi connectivity index (χ4v) is 3.61. The minimum atomic E-state index is -0.628. The summed E-state index contributed by atoms with van der Waals surface area (Å²) in [6.45, 7) is 3.49. The number of rotatable bonds is 4. The number of carbonyl (C=O) groups is 2. The number of hydrogen-bond donors (Lipinski definition) is 2. The van der Waals surface area contributed by atoms with Gasteiger partial charge in [0.05, 0.1) is 11.9 Å². The number of aromatic nitrogens is 1. The van der Waals surface area contributed by atoms with E-state index in [1.54, 1.807) is 6.20 Å². The largest absolute Gasteiger partial charge is 0.474 e. The number of hydrogen-bond acceptors (Lipinski definition) is 4. The summed E-state index contributed by atoms with van der Waals surface area (Å²) in [6.07, 6.45) is 5.17. The summed E-state index contributed by atoms with van der Waals surface area (Å²) in [5.41, 5.74) is 5.68. The van der Waals surface area contributed by atoms with E-state index in [0.29, 0.717) is 11.6 Å². The topological polar surface area (TPSA) is 97.6 Å². The zero-order valence-corrected chi connectivity index (χ0v) is 15.4. The van der Waals surface area contributed by atoms with Crippen molar-refractivity contribution >= 4 is 28.4 Å². The number of primary amides is 1. The van der Waals surface area contributed by atoms with Crippen LogP contribution < -0.4 is 15.8 Å². The number of pyridine rings is 1. The zero-order valence-electron chi connectivity index (χ0n) is 15.4. The maximum absolute atomic E-state index is 12.5. The van der Waals surface area contributed by atoms with Crippen molar-refractivity contribution in [3.8, 4) is 5.88 Å². The number of nitrogens with one attached hydrogen (secondary N) is 1. The normalized spacial score (nSPS) is 18.9. The molecule has 0 unspecified atom stereocenters. The number of benzene rings is 1. The van der Waals surface area contributed by atoms with Gasteiger partial charge in [0, 0.05) is 42.1 Å². The fraction of sp³-hybridized carbons (Fsp3) is 0.450. The lowest BCUT2D eigenvalue weighted by molar-refractivity contribution is -0.138. The standard InChI is InChI=1S/C20H24N4O3/c1-20(8-9-20)18(25)24-10-6-13(7-11-24)27-17-15-5-3-2-4-14(15)16(12-22-17)23-19(21)26/h2-5,12-13H,6-11H2,1H3,(H3,21,23,26). The number of carbonyl (C=O) groups excluding carboxylic acids is 2. The van der Waals surface area contributed by atoms with E-state index in [9.17, 15) is 9.59 Å². The first-order valence-electron chi connectivity index (χ1n) is 9.36. The molecule has 0 atom stereocenters. The van der Waals surface area contributed by atoms with E-state index >= 15 is 0 Å². The van der Waals surface area contributed by atoms with Crippen molar-refractivity contribution in [3.05, 3.63) is 30.5 Å². The first-order valence-corrected chi connectivity index (χ1v) is 9.36. The molecule has 2 aromatic rings. The van der Waals surface area contributed by atoms with Gasteiger partial charge in [0.1, 0.15) is 6.10 Å². The maximum Gasteiger partial charge on any atom is 0.316 e. The third kappa shape index (κ3) is 3.54. The predicted molar refractivity (Wildman–Crippen MR) is 103 cm³/mol. The Bertz CT molecular complexity index is 886. The van der Waals surface area contributed by atoms with Crippen LogP contribution in [0.2, 0.25) is 0 Å². The number of anilines is 1. The van der Waals surface area contributed by atoms with Crippen molar-refractivity contribution in [2.24, 2.45) is 11.1 Å². The molecule has 1 aliphatic heterocycles. The quantitative estimate of drug-likeness (QED) is 0.867. The molecule has 1 saturated heterocycles. The van der Waals surface area contributed by atoms with Crippen molar-refractivity contribution in [2.75, 3.05) is 18.4 Å². The van der Waals surface area contributed by atoms with Crippen molar-refractivity contribution in [1.29, 1.82) is 0 Å². The van der Waals surface area contributed by atoms with Gasteiger partial charge in [0.2, 0.25) is 11.8 Å². The number of piperidine rings is 1. The second-order valence-electron chi connectivity index (χ2n) is 7.68. The second-order valence-corrected chi connectivity index (χ2v) is 7.68. The summed E-state index contributed by atoms with van der Waals surface area (Å²) in [5, 5.41) is 4.25. The Labute approximate surface area is 157 Å². The Morgan fingerprint density at radius 2 is 1.89 bits per heavy atom. The van der Waals surface area contributed by atoms with Crippen molar-refractivity contribution < 1.29 is 14.3 Å². The van der Waals surface area contributed by atoms with Gasteiger partial charge in [-0.15, -0.1) is 0 Å². The van der Waals surface area contributed by atoms with Crippen LogP contribution in [0.5, 0.6) is 5.88 Å². The number of likely N-dealkylation sites (tertiary alicyclic amines) is 1. The average molecular weight is 368 g/mol. The Kier molecular flexibility index (Phi) is 4.37. The van der Waals surface area contributed by atoms with Gasteiger partial charge < -0.3 is 20.7 Å². The van der Waals surface area contributed by atoms with Gasteiger partial charge in [0.25, 0.3) is 0 Å². The van der Waals surface area contributed by atoms with E-state index in [-0.39, 0.29) is 17.4 Å². The molecule has 2 fully saturated rings. The molecule has 1 aliphatic carbocycles. The summed E-state index contributed by atoms with van der Waals surface area (Å²) in [4.78, 5) is 30.0. The Hall–Kier alpha value is -2.83. The summed E-state index contributed by atoms with van der Waals surface area (Å²) in [7, 11) is 0. The van der Waals surface area contributed by atoms with Gasteiger partial charge in [-0.1, -0.05) is 25.1 Å². The van der Waals surface area contributed by atoms with Crippen LogP contribution in [0.15, 0.2) is 30.5 Å². The highest BCUT2D eigenvalue weighted by Gasteiger charge is 2.47. The number of fused-ring (bicyclic) bond motifs is 1. The molecule has 7 heteroatoms. The molecule has 27 heavy (non-hydrogen) atoms. The third-order valence-corrected chi connectivity index (χ3v) is 5.54.